The summed E-state index contributed by atoms with van der Waals surface area (Å²) in [7, 11) is -3.54. The van der Waals surface area contributed by atoms with Crippen molar-refractivity contribution in [3.05, 3.63) is 66.2 Å². The molecule has 2 aromatic carbocycles. The second-order valence-corrected chi connectivity index (χ2v) is 9.54. The van der Waals surface area contributed by atoms with Crippen molar-refractivity contribution in [2.45, 2.75) is 31.2 Å². The zero-order valence-corrected chi connectivity index (χ0v) is 18.6. The van der Waals surface area contributed by atoms with Crippen molar-refractivity contribution in [1.29, 1.82) is 0 Å². The van der Waals surface area contributed by atoms with Crippen molar-refractivity contribution in [2.24, 2.45) is 5.92 Å². The molecule has 8 heteroatoms. The first kappa shape index (κ1) is 23.0. The second kappa shape index (κ2) is 10.5. The highest BCUT2D eigenvalue weighted by Gasteiger charge is 2.32. The van der Waals surface area contributed by atoms with E-state index in [1.807, 2.05) is 37.3 Å². The van der Waals surface area contributed by atoms with Crippen LogP contribution >= 0.6 is 0 Å². The molecule has 166 valence electrons. The van der Waals surface area contributed by atoms with Crippen LogP contribution in [0.4, 0.5) is 0 Å². The molecule has 1 aliphatic rings. The van der Waals surface area contributed by atoms with E-state index in [1.54, 1.807) is 35.2 Å². The van der Waals surface area contributed by atoms with Gasteiger partial charge in [-0.3, -0.25) is 9.59 Å². The fraction of sp³-hybridized carbons (Fsp3) is 0.391. The number of rotatable bonds is 8. The Morgan fingerprint density at radius 3 is 2.16 bits per heavy atom. The zero-order chi connectivity index (χ0) is 22.3. The molecule has 1 aliphatic heterocycles. The minimum atomic E-state index is -3.54. The van der Waals surface area contributed by atoms with Gasteiger partial charge in [0.15, 0.2) is 0 Å². The highest BCUT2D eigenvalue weighted by Crippen LogP contribution is 2.23. The molecule has 1 heterocycles. The third-order valence-electron chi connectivity index (χ3n) is 5.57. The van der Waals surface area contributed by atoms with Crippen LogP contribution in [0.3, 0.4) is 0 Å². The van der Waals surface area contributed by atoms with Gasteiger partial charge in [-0.05, 0) is 37.5 Å². The Balaban J connectivity index is 1.48. The van der Waals surface area contributed by atoms with E-state index in [1.165, 1.54) is 4.31 Å². The topological polar surface area (TPSA) is 86.8 Å². The van der Waals surface area contributed by atoms with Gasteiger partial charge in [0.2, 0.25) is 21.8 Å². The maximum Gasteiger partial charge on any atom is 0.243 e. The maximum absolute atomic E-state index is 12.7. The Hall–Kier alpha value is -2.71. The predicted octanol–water partition coefficient (Wildman–Crippen LogP) is 2.25. The Bertz CT molecular complexity index is 972. The molecule has 0 atom stereocenters. The SMILES string of the molecule is CCN(Cc1ccccc1)C(=O)CNC(=O)C1CCN(S(=O)(=O)c2ccccc2)CC1. The summed E-state index contributed by atoms with van der Waals surface area (Å²) in [6, 6.07) is 18.0. The van der Waals surface area contributed by atoms with Gasteiger partial charge in [0.1, 0.15) is 0 Å². The van der Waals surface area contributed by atoms with Crippen molar-refractivity contribution in [1.82, 2.24) is 14.5 Å². The van der Waals surface area contributed by atoms with Gasteiger partial charge in [-0.1, -0.05) is 48.5 Å². The first-order valence-corrected chi connectivity index (χ1v) is 12.0. The van der Waals surface area contributed by atoms with Crippen molar-refractivity contribution >= 4 is 21.8 Å². The normalized spacial score (nSPS) is 15.4. The molecular weight excluding hydrogens is 414 g/mol. The van der Waals surface area contributed by atoms with Crippen LogP contribution in [0.2, 0.25) is 0 Å². The standard InChI is InChI=1S/C23H29N3O4S/c1-2-25(18-19-9-5-3-6-10-19)22(27)17-24-23(28)20-13-15-26(16-14-20)31(29,30)21-11-7-4-8-12-21/h3-12,20H,2,13-18H2,1H3,(H,24,28). The van der Waals surface area contributed by atoms with Gasteiger partial charge in [0.05, 0.1) is 11.4 Å². The summed E-state index contributed by atoms with van der Waals surface area (Å²) in [5.74, 6) is -0.621. The van der Waals surface area contributed by atoms with Gasteiger partial charge >= 0.3 is 0 Å². The highest BCUT2D eigenvalue weighted by molar-refractivity contribution is 7.89. The number of likely N-dealkylation sites (N-methyl/N-ethyl adjacent to an activating group) is 1. The first-order valence-electron chi connectivity index (χ1n) is 10.6. The number of carbonyl (C=O) groups is 2. The van der Waals surface area contributed by atoms with E-state index in [-0.39, 0.29) is 29.2 Å². The Morgan fingerprint density at radius 2 is 1.58 bits per heavy atom. The molecule has 0 radical (unpaired) electrons. The zero-order valence-electron chi connectivity index (χ0n) is 17.7. The molecule has 1 fully saturated rings. The lowest BCUT2D eigenvalue weighted by Crippen LogP contribution is -2.45. The summed E-state index contributed by atoms with van der Waals surface area (Å²) in [6.07, 6.45) is 0.876. The fourth-order valence-corrected chi connectivity index (χ4v) is 5.19. The predicted molar refractivity (Wildman–Crippen MR) is 118 cm³/mol. The van der Waals surface area contributed by atoms with Gasteiger partial charge < -0.3 is 10.2 Å². The molecule has 2 aromatic rings. The van der Waals surface area contributed by atoms with E-state index in [0.717, 1.165) is 5.56 Å². The summed E-state index contributed by atoms with van der Waals surface area (Å²) < 4.78 is 26.9. The third-order valence-corrected chi connectivity index (χ3v) is 7.48. The van der Waals surface area contributed by atoms with Gasteiger partial charge in [-0.15, -0.1) is 0 Å². The molecule has 0 bridgehead atoms. The van der Waals surface area contributed by atoms with Gasteiger partial charge in [0.25, 0.3) is 0 Å². The summed E-state index contributed by atoms with van der Waals surface area (Å²) in [4.78, 5) is 27.0. The number of sulfonamides is 1. The van der Waals surface area contributed by atoms with Gasteiger partial charge in [-0.25, -0.2) is 8.42 Å². The molecule has 0 saturated carbocycles. The minimum absolute atomic E-state index is 0.0535. The molecular formula is C23H29N3O4S. The van der Waals surface area contributed by atoms with Gasteiger partial charge in [0, 0.05) is 32.1 Å². The molecule has 0 aromatic heterocycles. The van der Waals surface area contributed by atoms with Crippen molar-refractivity contribution in [2.75, 3.05) is 26.2 Å². The second-order valence-electron chi connectivity index (χ2n) is 7.60. The molecule has 2 amide bonds. The largest absolute Gasteiger partial charge is 0.347 e. The Kier molecular flexibility index (Phi) is 7.81. The van der Waals surface area contributed by atoms with Crippen LogP contribution in [0.15, 0.2) is 65.6 Å². The maximum atomic E-state index is 12.7. The molecule has 31 heavy (non-hydrogen) atoms. The van der Waals surface area contributed by atoms with Crippen LogP contribution in [0, 0.1) is 5.92 Å². The lowest BCUT2D eigenvalue weighted by molar-refractivity contribution is -0.134. The number of hydrogen-bond donors (Lipinski definition) is 1. The van der Waals surface area contributed by atoms with E-state index in [0.29, 0.717) is 39.0 Å². The average Bonchev–Trinajstić information content (AvgIpc) is 2.82. The molecule has 0 spiro atoms. The minimum Gasteiger partial charge on any atom is -0.347 e. The van der Waals surface area contributed by atoms with E-state index < -0.39 is 10.0 Å². The monoisotopic (exact) mass is 443 g/mol. The summed E-state index contributed by atoms with van der Waals surface area (Å²) >= 11 is 0. The third kappa shape index (κ3) is 5.92. The number of carbonyl (C=O) groups excluding carboxylic acids is 2. The molecule has 1 saturated heterocycles. The lowest BCUT2D eigenvalue weighted by Gasteiger charge is -2.30. The number of nitrogens with zero attached hydrogens (tertiary/aromatic N) is 2. The Labute approximate surface area is 184 Å². The van der Waals surface area contributed by atoms with Crippen molar-refractivity contribution in [3.8, 4) is 0 Å². The van der Waals surface area contributed by atoms with E-state index in [2.05, 4.69) is 5.32 Å². The number of nitrogens with one attached hydrogen (secondary N) is 1. The molecule has 0 unspecified atom stereocenters. The van der Waals surface area contributed by atoms with Crippen LogP contribution in [-0.2, 0) is 26.2 Å². The van der Waals surface area contributed by atoms with Crippen molar-refractivity contribution < 1.29 is 18.0 Å². The lowest BCUT2D eigenvalue weighted by atomic mass is 9.97. The molecule has 7 nitrogen and oxygen atoms in total. The van der Waals surface area contributed by atoms with Crippen LogP contribution in [0.5, 0.6) is 0 Å². The van der Waals surface area contributed by atoms with Crippen LogP contribution in [0.1, 0.15) is 25.3 Å². The van der Waals surface area contributed by atoms with E-state index in [9.17, 15) is 18.0 Å². The fourth-order valence-electron chi connectivity index (χ4n) is 3.70. The smallest absolute Gasteiger partial charge is 0.243 e. The van der Waals surface area contributed by atoms with Crippen molar-refractivity contribution in [3.63, 3.8) is 0 Å². The van der Waals surface area contributed by atoms with E-state index in [4.69, 9.17) is 0 Å². The van der Waals surface area contributed by atoms with Gasteiger partial charge in [-0.2, -0.15) is 4.31 Å². The van der Waals surface area contributed by atoms with E-state index >= 15 is 0 Å². The summed E-state index contributed by atoms with van der Waals surface area (Å²) in [5.41, 5.74) is 1.04. The molecule has 0 aliphatic carbocycles. The molecule has 3 rings (SSSR count). The number of amides is 2. The average molecular weight is 444 g/mol. The molecule has 1 N–H and O–H groups in total. The van der Waals surface area contributed by atoms with Crippen LogP contribution in [-0.4, -0.2) is 55.6 Å². The van der Waals surface area contributed by atoms with Crippen LogP contribution < -0.4 is 5.32 Å². The summed E-state index contributed by atoms with van der Waals surface area (Å²) in [6.45, 7) is 3.49. The van der Waals surface area contributed by atoms with Crippen LogP contribution in [0.25, 0.3) is 0 Å². The summed E-state index contributed by atoms with van der Waals surface area (Å²) in [5, 5.41) is 2.74. The number of piperidine rings is 1. The quantitative estimate of drug-likeness (QED) is 0.678. The first-order chi connectivity index (χ1) is 14.9. The number of hydrogen-bond acceptors (Lipinski definition) is 4. The Morgan fingerprint density at radius 1 is 1.00 bits per heavy atom. The highest BCUT2D eigenvalue weighted by atomic mass is 32.2. The number of benzene rings is 2.